The lowest BCUT2D eigenvalue weighted by Crippen LogP contribution is -2.13. The Balaban J connectivity index is 3.09. The number of allylic oxidation sites excluding steroid dienone is 1. The molecule has 6 heteroatoms. The first kappa shape index (κ1) is 19.5. The summed E-state index contributed by atoms with van der Waals surface area (Å²) in [5, 5.41) is 0. The van der Waals surface area contributed by atoms with Gasteiger partial charge in [0.2, 0.25) is 0 Å². The van der Waals surface area contributed by atoms with E-state index in [9.17, 15) is 9.59 Å². The van der Waals surface area contributed by atoms with Gasteiger partial charge in [0.05, 0.1) is 33.0 Å². The van der Waals surface area contributed by atoms with Crippen LogP contribution in [0.15, 0.2) is 25.3 Å². The molecular weight excluding hydrogens is 276 g/mol. The molecule has 0 aliphatic rings. The van der Waals surface area contributed by atoms with Crippen molar-refractivity contribution in [2.75, 3.05) is 46.2 Å². The Morgan fingerprint density at radius 1 is 0.762 bits per heavy atom. The van der Waals surface area contributed by atoms with E-state index in [-0.39, 0.29) is 12.4 Å². The van der Waals surface area contributed by atoms with Crippen LogP contribution in [0.1, 0.15) is 12.8 Å². The number of esters is 1. The summed E-state index contributed by atoms with van der Waals surface area (Å²) in [6.07, 6.45) is 3.59. The van der Waals surface area contributed by atoms with Crippen molar-refractivity contribution in [3.63, 3.8) is 0 Å². The van der Waals surface area contributed by atoms with Crippen LogP contribution in [0.25, 0.3) is 0 Å². The second kappa shape index (κ2) is 14.9. The first-order chi connectivity index (χ1) is 10.2. The fourth-order valence-corrected chi connectivity index (χ4v) is 1.25. The molecule has 0 bridgehead atoms. The van der Waals surface area contributed by atoms with Gasteiger partial charge in [-0.25, -0.2) is 4.79 Å². The van der Waals surface area contributed by atoms with E-state index in [2.05, 4.69) is 13.2 Å². The third kappa shape index (κ3) is 14.7. The molecule has 0 spiro atoms. The SMILES string of the molecule is C=CC(=O)CCCOCCOCCOCCOC(=O)C=C. The highest BCUT2D eigenvalue weighted by Crippen LogP contribution is 1.92. The molecule has 0 heterocycles. The summed E-state index contributed by atoms with van der Waals surface area (Å²) in [5.74, 6) is -0.424. The van der Waals surface area contributed by atoms with Gasteiger partial charge in [-0.2, -0.15) is 0 Å². The molecular formula is C15H24O6. The average molecular weight is 300 g/mol. The maximum atomic E-state index is 10.9. The van der Waals surface area contributed by atoms with E-state index >= 15 is 0 Å². The van der Waals surface area contributed by atoms with Gasteiger partial charge in [0.25, 0.3) is 0 Å². The van der Waals surface area contributed by atoms with E-state index in [1.165, 1.54) is 6.08 Å². The zero-order valence-electron chi connectivity index (χ0n) is 12.4. The number of carbonyl (C=O) groups is 2. The van der Waals surface area contributed by atoms with Crippen molar-refractivity contribution in [1.82, 2.24) is 0 Å². The summed E-state index contributed by atoms with van der Waals surface area (Å²) in [6.45, 7) is 9.59. The summed E-state index contributed by atoms with van der Waals surface area (Å²) in [7, 11) is 0. The third-order valence-corrected chi connectivity index (χ3v) is 2.32. The fourth-order valence-electron chi connectivity index (χ4n) is 1.25. The van der Waals surface area contributed by atoms with Crippen LogP contribution in [-0.2, 0) is 28.5 Å². The predicted molar refractivity (Wildman–Crippen MR) is 78.1 cm³/mol. The average Bonchev–Trinajstić information content (AvgIpc) is 2.51. The zero-order chi connectivity index (χ0) is 15.8. The molecule has 0 amide bonds. The van der Waals surface area contributed by atoms with Crippen LogP contribution in [0.4, 0.5) is 0 Å². The van der Waals surface area contributed by atoms with E-state index in [1.807, 2.05) is 0 Å². The highest BCUT2D eigenvalue weighted by Gasteiger charge is 1.97. The lowest BCUT2D eigenvalue weighted by Gasteiger charge is -2.06. The number of hydrogen-bond donors (Lipinski definition) is 0. The molecule has 6 nitrogen and oxygen atoms in total. The molecule has 0 radical (unpaired) electrons. The molecule has 0 aromatic heterocycles. The van der Waals surface area contributed by atoms with Crippen molar-refractivity contribution < 1.29 is 28.5 Å². The summed E-state index contributed by atoms with van der Waals surface area (Å²) >= 11 is 0. The summed E-state index contributed by atoms with van der Waals surface area (Å²) < 4.78 is 20.5. The molecule has 120 valence electrons. The normalized spacial score (nSPS) is 10.1. The molecule has 0 aromatic rings. The van der Waals surface area contributed by atoms with Gasteiger partial charge in [-0.1, -0.05) is 13.2 Å². The number of ketones is 1. The summed E-state index contributed by atoms with van der Waals surface area (Å²) in [6, 6.07) is 0. The van der Waals surface area contributed by atoms with Crippen LogP contribution in [0.3, 0.4) is 0 Å². The minimum Gasteiger partial charge on any atom is -0.460 e. The second-order valence-corrected chi connectivity index (χ2v) is 3.98. The molecule has 0 N–H and O–H groups in total. The van der Waals surface area contributed by atoms with E-state index in [4.69, 9.17) is 18.9 Å². The smallest absolute Gasteiger partial charge is 0.330 e. The molecule has 0 atom stereocenters. The number of ether oxygens (including phenoxy) is 4. The largest absolute Gasteiger partial charge is 0.460 e. The minimum atomic E-state index is -0.457. The van der Waals surface area contributed by atoms with Gasteiger partial charge in [0, 0.05) is 19.1 Å². The Kier molecular flexibility index (Phi) is 13.8. The van der Waals surface area contributed by atoms with E-state index in [0.29, 0.717) is 52.5 Å². The number of carbonyl (C=O) groups excluding carboxylic acids is 2. The Bertz CT molecular complexity index is 283. The van der Waals surface area contributed by atoms with Gasteiger partial charge in [0.1, 0.15) is 6.61 Å². The molecule has 0 aromatic carbocycles. The van der Waals surface area contributed by atoms with Gasteiger partial charge in [-0.3, -0.25) is 4.79 Å². The molecule has 0 aliphatic heterocycles. The second-order valence-electron chi connectivity index (χ2n) is 3.98. The van der Waals surface area contributed by atoms with Crippen LogP contribution >= 0.6 is 0 Å². The van der Waals surface area contributed by atoms with Crippen molar-refractivity contribution in [1.29, 1.82) is 0 Å². The Morgan fingerprint density at radius 2 is 1.29 bits per heavy atom. The van der Waals surface area contributed by atoms with Crippen LogP contribution in [0.2, 0.25) is 0 Å². The van der Waals surface area contributed by atoms with E-state index < -0.39 is 5.97 Å². The van der Waals surface area contributed by atoms with E-state index in [0.717, 1.165) is 6.08 Å². The lowest BCUT2D eigenvalue weighted by molar-refractivity contribution is -0.139. The lowest BCUT2D eigenvalue weighted by atomic mass is 10.2. The number of hydrogen-bond acceptors (Lipinski definition) is 6. The van der Waals surface area contributed by atoms with Crippen LogP contribution in [0.5, 0.6) is 0 Å². The molecule has 0 rings (SSSR count). The molecule has 21 heavy (non-hydrogen) atoms. The zero-order valence-corrected chi connectivity index (χ0v) is 12.4. The Labute approximate surface area is 125 Å². The molecule has 0 unspecified atom stereocenters. The van der Waals surface area contributed by atoms with Gasteiger partial charge in [-0.05, 0) is 12.5 Å². The van der Waals surface area contributed by atoms with Gasteiger partial charge < -0.3 is 18.9 Å². The molecule has 0 saturated carbocycles. The summed E-state index contributed by atoms with van der Waals surface area (Å²) in [5.41, 5.74) is 0. The number of rotatable bonds is 15. The van der Waals surface area contributed by atoms with Gasteiger partial charge in [0.15, 0.2) is 5.78 Å². The highest BCUT2D eigenvalue weighted by molar-refractivity contribution is 5.88. The quantitative estimate of drug-likeness (QED) is 0.258. The van der Waals surface area contributed by atoms with Gasteiger partial charge in [-0.15, -0.1) is 0 Å². The van der Waals surface area contributed by atoms with Crippen molar-refractivity contribution in [3.8, 4) is 0 Å². The maximum absolute atomic E-state index is 10.9. The monoisotopic (exact) mass is 300 g/mol. The van der Waals surface area contributed by atoms with Gasteiger partial charge >= 0.3 is 5.97 Å². The van der Waals surface area contributed by atoms with Crippen LogP contribution in [0, 0.1) is 0 Å². The first-order valence-corrected chi connectivity index (χ1v) is 6.88. The highest BCUT2D eigenvalue weighted by atomic mass is 16.6. The van der Waals surface area contributed by atoms with E-state index in [1.54, 1.807) is 0 Å². The summed E-state index contributed by atoms with van der Waals surface area (Å²) in [4.78, 5) is 21.6. The van der Waals surface area contributed by atoms with Crippen molar-refractivity contribution in [3.05, 3.63) is 25.3 Å². The standard InChI is InChI=1S/C15H24O6/c1-3-14(16)6-5-7-18-8-9-19-10-11-20-12-13-21-15(17)4-2/h3-4H,1-2,5-13H2. The van der Waals surface area contributed by atoms with Crippen molar-refractivity contribution >= 4 is 11.8 Å². The molecule has 0 fully saturated rings. The molecule has 0 saturated heterocycles. The van der Waals surface area contributed by atoms with Crippen LogP contribution < -0.4 is 0 Å². The van der Waals surface area contributed by atoms with Crippen molar-refractivity contribution in [2.45, 2.75) is 12.8 Å². The first-order valence-electron chi connectivity index (χ1n) is 6.88. The maximum Gasteiger partial charge on any atom is 0.330 e. The molecule has 0 aliphatic carbocycles. The third-order valence-electron chi connectivity index (χ3n) is 2.32. The topological polar surface area (TPSA) is 71.1 Å². The Morgan fingerprint density at radius 3 is 1.81 bits per heavy atom. The Hall–Kier alpha value is -1.50. The predicted octanol–water partition coefficient (Wildman–Crippen LogP) is 1.30. The van der Waals surface area contributed by atoms with Crippen LogP contribution in [-0.4, -0.2) is 58.0 Å². The van der Waals surface area contributed by atoms with Crippen molar-refractivity contribution in [2.24, 2.45) is 0 Å². The minimum absolute atomic E-state index is 0.0331. The fraction of sp³-hybridized carbons (Fsp3) is 0.600.